The monoisotopic (exact) mass is 229 g/mol. The molecule has 0 amide bonds. The van der Waals surface area contributed by atoms with Crippen molar-refractivity contribution in [1.29, 1.82) is 0 Å². The van der Waals surface area contributed by atoms with E-state index >= 15 is 0 Å². The number of hydrogen-bond donors (Lipinski definition) is 1. The minimum atomic E-state index is -0.100. The zero-order valence-corrected chi connectivity index (χ0v) is 10.4. The molecule has 1 heterocycles. The highest BCUT2D eigenvalue weighted by Gasteiger charge is 2.22. The highest BCUT2D eigenvalue weighted by atomic mass is 32.2. The third-order valence-electron chi connectivity index (χ3n) is 2.37. The van der Waals surface area contributed by atoms with Crippen LogP contribution >= 0.6 is 11.8 Å². The van der Waals surface area contributed by atoms with E-state index in [0.717, 1.165) is 11.6 Å². The molecule has 0 aliphatic carbocycles. The number of aromatic nitrogens is 2. The van der Waals surface area contributed by atoms with Gasteiger partial charge in [0.25, 0.3) is 5.88 Å². The molecule has 0 bridgehead atoms. The standard InChI is InChI=1S/C10H16N2O2S/c1-5-6-12-9(14)7(2)8(13)11(3)10(12)15-4/h5-6H2,1-4H3/p+1. The van der Waals surface area contributed by atoms with E-state index in [1.54, 1.807) is 23.1 Å². The summed E-state index contributed by atoms with van der Waals surface area (Å²) in [5, 5.41) is 10.5. The summed E-state index contributed by atoms with van der Waals surface area (Å²) in [7, 11) is 1.76. The lowest BCUT2D eigenvalue weighted by atomic mass is 10.3. The first kappa shape index (κ1) is 12.1. The number of nitrogens with zero attached hydrogens (tertiary/aromatic N) is 2. The van der Waals surface area contributed by atoms with E-state index in [2.05, 4.69) is 0 Å². The Kier molecular flexibility index (Phi) is 3.79. The van der Waals surface area contributed by atoms with Crippen molar-refractivity contribution in [1.82, 2.24) is 4.57 Å². The van der Waals surface area contributed by atoms with Gasteiger partial charge < -0.3 is 5.11 Å². The first-order chi connectivity index (χ1) is 7.04. The Hall–Kier alpha value is -0.970. The predicted molar refractivity (Wildman–Crippen MR) is 60.4 cm³/mol. The van der Waals surface area contributed by atoms with Gasteiger partial charge in [-0.15, -0.1) is 0 Å². The fraction of sp³-hybridized carbons (Fsp3) is 0.600. The summed E-state index contributed by atoms with van der Waals surface area (Å²) < 4.78 is 3.36. The van der Waals surface area contributed by atoms with Gasteiger partial charge in [-0.25, -0.2) is 4.79 Å². The molecule has 0 saturated carbocycles. The molecule has 0 unspecified atom stereocenters. The maximum Gasteiger partial charge on any atom is 0.345 e. The minimum Gasteiger partial charge on any atom is -0.477 e. The summed E-state index contributed by atoms with van der Waals surface area (Å²) in [6.45, 7) is 4.36. The summed E-state index contributed by atoms with van der Waals surface area (Å²) in [6, 6.07) is 0. The lowest BCUT2D eigenvalue weighted by Gasteiger charge is -2.08. The summed E-state index contributed by atoms with van der Waals surface area (Å²) in [5.74, 6) is 0.0525. The van der Waals surface area contributed by atoms with Gasteiger partial charge in [0.1, 0.15) is 5.56 Å². The van der Waals surface area contributed by atoms with Crippen molar-refractivity contribution in [3.05, 3.63) is 15.9 Å². The fourth-order valence-electron chi connectivity index (χ4n) is 1.58. The fourth-order valence-corrected chi connectivity index (χ4v) is 2.33. The van der Waals surface area contributed by atoms with Gasteiger partial charge in [-0.05, 0) is 31.4 Å². The van der Waals surface area contributed by atoms with Crippen LogP contribution in [0, 0.1) is 6.92 Å². The molecule has 15 heavy (non-hydrogen) atoms. The SMILES string of the molecule is CCCn1c(SC)[n+](C)c(O)c(C)c1=O. The molecule has 0 saturated heterocycles. The second kappa shape index (κ2) is 4.70. The normalized spacial score (nSPS) is 10.7. The number of rotatable bonds is 3. The van der Waals surface area contributed by atoms with Gasteiger partial charge in [0.15, 0.2) is 0 Å². The quantitative estimate of drug-likeness (QED) is 0.474. The van der Waals surface area contributed by atoms with Crippen molar-refractivity contribution in [3.8, 4) is 5.88 Å². The van der Waals surface area contributed by atoms with Gasteiger partial charge in [0.05, 0.1) is 13.6 Å². The Bertz CT molecular complexity index is 426. The van der Waals surface area contributed by atoms with Crippen LogP contribution in [0.1, 0.15) is 18.9 Å². The summed E-state index contributed by atoms with van der Waals surface area (Å²) in [5.41, 5.74) is 0.306. The number of aromatic hydroxyl groups is 1. The Morgan fingerprint density at radius 3 is 2.60 bits per heavy atom. The molecular formula is C10H17N2O2S+. The average Bonchev–Trinajstić information content (AvgIpc) is 2.24. The zero-order valence-electron chi connectivity index (χ0n) is 9.57. The second-order valence-electron chi connectivity index (χ2n) is 3.45. The van der Waals surface area contributed by atoms with Gasteiger partial charge in [0.2, 0.25) is 0 Å². The molecule has 0 fully saturated rings. The molecule has 1 aromatic heterocycles. The van der Waals surface area contributed by atoms with E-state index < -0.39 is 0 Å². The lowest BCUT2D eigenvalue weighted by molar-refractivity contribution is -0.721. The maximum atomic E-state index is 11.9. The van der Waals surface area contributed by atoms with Crippen LogP contribution in [-0.2, 0) is 13.6 Å². The molecule has 0 aliphatic rings. The molecule has 4 nitrogen and oxygen atoms in total. The lowest BCUT2D eigenvalue weighted by Crippen LogP contribution is -2.42. The topological polar surface area (TPSA) is 46.1 Å². The van der Waals surface area contributed by atoms with Crippen molar-refractivity contribution >= 4 is 11.8 Å². The van der Waals surface area contributed by atoms with Gasteiger partial charge in [-0.3, -0.25) is 0 Å². The average molecular weight is 229 g/mol. The Morgan fingerprint density at radius 1 is 1.53 bits per heavy atom. The molecule has 0 atom stereocenters. The molecule has 0 spiro atoms. The highest BCUT2D eigenvalue weighted by molar-refractivity contribution is 7.98. The molecule has 1 N–H and O–H groups in total. The Balaban J connectivity index is 3.55. The van der Waals surface area contributed by atoms with Gasteiger partial charge >= 0.3 is 10.7 Å². The third-order valence-corrected chi connectivity index (χ3v) is 3.23. The number of thioether (sulfide) groups is 1. The van der Waals surface area contributed by atoms with Crippen LogP contribution in [0.5, 0.6) is 5.88 Å². The van der Waals surface area contributed by atoms with Crippen LogP contribution in [-0.4, -0.2) is 15.9 Å². The van der Waals surface area contributed by atoms with Crippen LogP contribution in [0.15, 0.2) is 9.95 Å². The number of hydrogen-bond acceptors (Lipinski definition) is 3. The third kappa shape index (κ3) is 2.02. The first-order valence-corrected chi connectivity index (χ1v) is 6.13. The molecule has 5 heteroatoms. The Morgan fingerprint density at radius 2 is 2.13 bits per heavy atom. The molecular weight excluding hydrogens is 212 g/mol. The van der Waals surface area contributed by atoms with Crippen molar-refractivity contribution < 1.29 is 9.67 Å². The van der Waals surface area contributed by atoms with Gasteiger partial charge in [0, 0.05) is 0 Å². The van der Waals surface area contributed by atoms with E-state index in [-0.39, 0.29) is 11.4 Å². The van der Waals surface area contributed by atoms with Crippen molar-refractivity contribution in [2.24, 2.45) is 7.05 Å². The van der Waals surface area contributed by atoms with E-state index in [4.69, 9.17) is 0 Å². The van der Waals surface area contributed by atoms with Crippen LogP contribution in [0.2, 0.25) is 0 Å². The predicted octanol–water partition coefficient (Wildman–Crippen LogP) is 0.819. The minimum absolute atomic E-state index is 0.0525. The molecule has 0 radical (unpaired) electrons. The van der Waals surface area contributed by atoms with Crippen LogP contribution < -0.4 is 10.1 Å². The van der Waals surface area contributed by atoms with Crippen molar-refractivity contribution in [2.45, 2.75) is 32.0 Å². The zero-order chi connectivity index (χ0) is 11.6. The largest absolute Gasteiger partial charge is 0.477 e. The summed E-state index contributed by atoms with van der Waals surface area (Å²) in [4.78, 5) is 11.9. The molecule has 84 valence electrons. The van der Waals surface area contributed by atoms with Crippen molar-refractivity contribution in [3.63, 3.8) is 0 Å². The van der Waals surface area contributed by atoms with Gasteiger partial charge in [-0.2, -0.15) is 9.13 Å². The summed E-state index contributed by atoms with van der Waals surface area (Å²) >= 11 is 1.46. The van der Waals surface area contributed by atoms with E-state index in [1.165, 1.54) is 11.8 Å². The first-order valence-electron chi connectivity index (χ1n) is 4.91. The smallest absolute Gasteiger partial charge is 0.345 e. The van der Waals surface area contributed by atoms with E-state index in [9.17, 15) is 9.90 Å². The molecule has 1 rings (SSSR count). The van der Waals surface area contributed by atoms with E-state index in [0.29, 0.717) is 12.1 Å². The van der Waals surface area contributed by atoms with Crippen LogP contribution in [0.4, 0.5) is 0 Å². The van der Waals surface area contributed by atoms with Crippen molar-refractivity contribution in [2.75, 3.05) is 6.26 Å². The van der Waals surface area contributed by atoms with Crippen LogP contribution in [0.25, 0.3) is 0 Å². The molecule has 1 aromatic rings. The molecule has 0 aromatic carbocycles. The Labute approximate surface area is 93.6 Å². The second-order valence-corrected chi connectivity index (χ2v) is 4.22. The van der Waals surface area contributed by atoms with E-state index in [1.807, 2.05) is 13.2 Å². The molecule has 0 aliphatic heterocycles. The summed E-state index contributed by atoms with van der Waals surface area (Å²) in [6.07, 6.45) is 2.80. The van der Waals surface area contributed by atoms with Crippen LogP contribution in [0.3, 0.4) is 0 Å². The highest BCUT2D eigenvalue weighted by Crippen LogP contribution is 2.13. The van der Waals surface area contributed by atoms with Gasteiger partial charge in [-0.1, -0.05) is 6.92 Å². The maximum absolute atomic E-state index is 11.9.